The molecule has 7 heteroatoms. The number of ketones is 1. The highest BCUT2D eigenvalue weighted by molar-refractivity contribution is 5.97. The van der Waals surface area contributed by atoms with Gasteiger partial charge in [-0.05, 0) is 132 Å². The molecule has 2 aliphatic carbocycles. The highest BCUT2D eigenvalue weighted by Crippen LogP contribution is 2.48. The molecule has 7 nitrogen and oxygen atoms in total. The number of benzene rings is 3. The van der Waals surface area contributed by atoms with Crippen molar-refractivity contribution < 1.29 is 33.3 Å². The van der Waals surface area contributed by atoms with Crippen LogP contribution in [-0.2, 0) is 19.1 Å². The molecular formula is C48H62O7. The van der Waals surface area contributed by atoms with E-state index < -0.39 is 5.97 Å². The van der Waals surface area contributed by atoms with Gasteiger partial charge in [-0.15, -0.1) is 0 Å². The van der Waals surface area contributed by atoms with Gasteiger partial charge in [0.05, 0.1) is 26.4 Å². The highest BCUT2D eigenvalue weighted by atomic mass is 16.5. The van der Waals surface area contributed by atoms with Gasteiger partial charge in [0.2, 0.25) is 0 Å². The molecule has 0 N–H and O–H groups in total. The Morgan fingerprint density at radius 1 is 0.673 bits per heavy atom. The SMILES string of the molecule is C=CC(=O)OCCCCOc1ccc(C(=C2CCC2)C2CC2)cc1.C=CC(=O)OCCCCOc1ccc(C(=O)C(C)CCC)cc1.Cc1ccc(C)cc1. The molecule has 2 saturated carbocycles. The first-order valence-electron chi connectivity index (χ1n) is 20.0. The lowest BCUT2D eigenvalue weighted by molar-refractivity contribution is -0.138. The zero-order chi connectivity index (χ0) is 39.8. The standard InChI is InChI=1S/C21H26O3.C19H26O4.C8H10/c1-2-20(22)24-15-4-3-14-23-19-12-10-18(11-13-19)21(17-8-9-17)16-6-5-7-16;1-4-8-15(3)19(21)16-9-11-17(12-10-16)22-13-6-7-14-23-18(20)5-2;1-7-3-5-8(2)6-4-7/h2,10-13,17H,1,3-9,14-15H2;5,9-12,15H,2,4,6-8,13-14H2,1,3H3;3-6H,1-2H3. The summed E-state index contributed by atoms with van der Waals surface area (Å²) in [7, 11) is 0. The molecule has 3 aromatic rings. The summed E-state index contributed by atoms with van der Waals surface area (Å²) >= 11 is 0. The van der Waals surface area contributed by atoms with Gasteiger partial charge in [0.25, 0.3) is 0 Å². The fourth-order valence-corrected chi connectivity index (χ4v) is 5.91. The second-order valence-corrected chi connectivity index (χ2v) is 14.3. The van der Waals surface area contributed by atoms with Crippen molar-refractivity contribution in [2.75, 3.05) is 26.4 Å². The number of carbonyl (C=O) groups is 3. The largest absolute Gasteiger partial charge is 0.494 e. The predicted octanol–water partition coefficient (Wildman–Crippen LogP) is 11.4. The summed E-state index contributed by atoms with van der Waals surface area (Å²) in [4.78, 5) is 33.9. The summed E-state index contributed by atoms with van der Waals surface area (Å²) in [6, 6.07) is 24.3. The Morgan fingerprint density at radius 3 is 1.49 bits per heavy atom. The van der Waals surface area contributed by atoms with Crippen LogP contribution in [0.15, 0.2) is 104 Å². The van der Waals surface area contributed by atoms with Crippen molar-refractivity contribution >= 4 is 23.3 Å². The zero-order valence-electron chi connectivity index (χ0n) is 33.6. The number of ether oxygens (including phenoxy) is 4. The van der Waals surface area contributed by atoms with E-state index in [2.05, 4.69) is 82.5 Å². The number of esters is 2. The lowest BCUT2D eigenvalue weighted by atomic mass is 9.83. The normalized spacial score (nSPS) is 13.3. The third-order valence-electron chi connectivity index (χ3n) is 9.45. The van der Waals surface area contributed by atoms with Crippen molar-refractivity contribution in [1.82, 2.24) is 0 Å². The Labute approximate surface area is 329 Å². The number of allylic oxidation sites excluding steroid dienone is 2. The van der Waals surface area contributed by atoms with E-state index >= 15 is 0 Å². The molecule has 0 bridgehead atoms. The van der Waals surface area contributed by atoms with Gasteiger partial charge in [0, 0.05) is 23.6 Å². The molecule has 5 rings (SSSR count). The zero-order valence-corrected chi connectivity index (χ0v) is 33.6. The maximum atomic E-state index is 12.2. The molecule has 296 valence electrons. The van der Waals surface area contributed by atoms with E-state index in [9.17, 15) is 14.4 Å². The molecule has 0 radical (unpaired) electrons. The van der Waals surface area contributed by atoms with E-state index in [0.717, 1.165) is 67.6 Å². The van der Waals surface area contributed by atoms with Gasteiger partial charge >= 0.3 is 11.9 Å². The fraction of sp³-hybridized carbons (Fsp3) is 0.438. The Hall–Kier alpha value is -4.91. The van der Waals surface area contributed by atoms with Crippen molar-refractivity contribution in [3.05, 3.63) is 126 Å². The van der Waals surface area contributed by atoms with Crippen molar-refractivity contribution in [2.45, 2.75) is 98.3 Å². The molecule has 1 unspecified atom stereocenters. The van der Waals surface area contributed by atoms with Crippen LogP contribution in [0, 0.1) is 25.7 Å². The Balaban J connectivity index is 0.000000246. The van der Waals surface area contributed by atoms with Crippen molar-refractivity contribution in [2.24, 2.45) is 11.8 Å². The minimum Gasteiger partial charge on any atom is -0.494 e. The van der Waals surface area contributed by atoms with E-state index in [1.807, 2.05) is 31.2 Å². The second-order valence-electron chi connectivity index (χ2n) is 14.3. The van der Waals surface area contributed by atoms with Crippen LogP contribution in [0.2, 0.25) is 0 Å². The first-order valence-corrected chi connectivity index (χ1v) is 20.0. The van der Waals surface area contributed by atoms with Crippen LogP contribution < -0.4 is 9.47 Å². The topological polar surface area (TPSA) is 88.1 Å². The van der Waals surface area contributed by atoms with Crippen LogP contribution in [0.25, 0.3) is 5.57 Å². The number of hydrogen-bond donors (Lipinski definition) is 0. The smallest absolute Gasteiger partial charge is 0.330 e. The van der Waals surface area contributed by atoms with Crippen LogP contribution >= 0.6 is 0 Å². The van der Waals surface area contributed by atoms with Gasteiger partial charge in [-0.2, -0.15) is 0 Å². The van der Waals surface area contributed by atoms with Crippen molar-refractivity contribution in [3.8, 4) is 11.5 Å². The van der Waals surface area contributed by atoms with E-state index in [4.69, 9.17) is 18.9 Å². The molecule has 3 aromatic carbocycles. The third-order valence-corrected chi connectivity index (χ3v) is 9.45. The minimum atomic E-state index is -0.400. The van der Waals surface area contributed by atoms with Gasteiger partial charge < -0.3 is 18.9 Å². The number of carbonyl (C=O) groups excluding carboxylic acids is 3. The van der Waals surface area contributed by atoms with Crippen LogP contribution in [0.3, 0.4) is 0 Å². The predicted molar refractivity (Wildman–Crippen MR) is 222 cm³/mol. The average Bonchev–Trinajstić information content (AvgIpc) is 4.03. The summed E-state index contributed by atoms with van der Waals surface area (Å²) in [6.45, 7) is 16.9. The molecule has 0 saturated heterocycles. The maximum Gasteiger partial charge on any atom is 0.330 e. The van der Waals surface area contributed by atoms with E-state index in [1.165, 1.54) is 54.9 Å². The van der Waals surface area contributed by atoms with Crippen LogP contribution in [-0.4, -0.2) is 44.1 Å². The van der Waals surface area contributed by atoms with Crippen LogP contribution in [0.1, 0.15) is 112 Å². The van der Waals surface area contributed by atoms with Gasteiger partial charge in [0.1, 0.15) is 11.5 Å². The van der Waals surface area contributed by atoms with E-state index in [-0.39, 0.29) is 17.7 Å². The van der Waals surface area contributed by atoms with Gasteiger partial charge in [-0.1, -0.05) is 86.5 Å². The number of Topliss-reactive ketones (excluding diaryl/α,β-unsaturated/α-hetero) is 1. The van der Waals surface area contributed by atoms with Crippen molar-refractivity contribution in [3.63, 3.8) is 0 Å². The van der Waals surface area contributed by atoms with Crippen molar-refractivity contribution in [1.29, 1.82) is 0 Å². The summed E-state index contributed by atoms with van der Waals surface area (Å²) in [6.07, 6.45) is 14.1. The van der Waals surface area contributed by atoms with Gasteiger partial charge in [-0.3, -0.25) is 4.79 Å². The summed E-state index contributed by atoms with van der Waals surface area (Å²) in [5, 5.41) is 0. The molecule has 0 amide bonds. The average molecular weight is 751 g/mol. The number of rotatable bonds is 20. The summed E-state index contributed by atoms with van der Waals surface area (Å²) in [5.74, 6) is 1.95. The second kappa shape index (κ2) is 25.2. The first-order chi connectivity index (χ1) is 26.6. The molecule has 2 fully saturated rings. The van der Waals surface area contributed by atoms with Crippen LogP contribution in [0.5, 0.6) is 11.5 Å². The lowest BCUT2D eigenvalue weighted by Gasteiger charge is -2.22. The minimum absolute atomic E-state index is 0.0602. The lowest BCUT2D eigenvalue weighted by Crippen LogP contribution is -2.11. The number of hydrogen-bond acceptors (Lipinski definition) is 7. The fourth-order valence-electron chi connectivity index (χ4n) is 5.91. The molecule has 0 heterocycles. The number of aryl methyl sites for hydroxylation is 2. The molecular weight excluding hydrogens is 689 g/mol. The van der Waals surface area contributed by atoms with E-state index in [1.54, 1.807) is 11.1 Å². The molecule has 55 heavy (non-hydrogen) atoms. The number of unbranched alkanes of at least 4 members (excludes halogenated alkanes) is 2. The van der Waals surface area contributed by atoms with E-state index in [0.29, 0.717) is 26.4 Å². The molecule has 0 aromatic heterocycles. The van der Waals surface area contributed by atoms with Gasteiger partial charge in [-0.25, -0.2) is 9.59 Å². The molecule has 0 spiro atoms. The van der Waals surface area contributed by atoms with Gasteiger partial charge in [0.15, 0.2) is 5.78 Å². The molecule has 2 aliphatic rings. The van der Waals surface area contributed by atoms with Crippen LogP contribution in [0.4, 0.5) is 0 Å². The Bertz CT molecular complexity index is 1620. The monoisotopic (exact) mass is 750 g/mol. The Kier molecular flexibility index (Phi) is 20.4. The summed E-state index contributed by atoms with van der Waals surface area (Å²) < 4.78 is 21.2. The first kappa shape index (κ1) is 44.5. The highest BCUT2D eigenvalue weighted by Gasteiger charge is 2.30. The Morgan fingerprint density at radius 2 is 1.11 bits per heavy atom. The molecule has 1 atom stereocenters. The maximum absolute atomic E-state index is 12.2. The molecule has 0 aliphatic heterocycles. The summed E-state index contributed by atoms with van der Waals surface area (Å²) in [5.41, 5.74) is 8.08. The third kappa shape index (κ3) is 17.4. The quantitative estimate of drug-likeness (QED) is 0.0492.